The molecule has 0 amide bonds. The highest BCUT2D eigenvalue weighted by molar-refractivity contribution is 9.09. The normalized spacial score (nSPS) is 12.5. The van der Waals surface area contributed by atoms with E-state index < -0.39 is 0 Å². The van der Waals surface area contributed by atoms with E-state index in [4.69, 9.17) is 9.47 Å². The third-order valence-electron chi connectivity index (χ3n) is 2.30. The molecule has 0 heterocycles. The van der Waals surface area contributed by atoms with Crippen LogP contribution in [-0.4, -0.2) is 26.2 Å². The second-order valence-corrected chi connectivity index (χ2v) is 4.18. The molecule has 15 heavy (non-hydrogen) atoms. The number of methoxy groups -OCH3 is 2. The molecule has 0 aromatic heterocycles. The number of rotatable bonds is 6. The van der Waals surface area contributed by atoms with E-state index in [0.29, 0.717) is 5.92 Å². The average molecular weight is 273 g/mol. The standard InChI is InChI=1S/C12H17BrO2/c1-14-9-11(8-13)7-10-3-5-12(15-2)6-4-10/h3-6,11H,7-9H2,1-2H3. The number of hydrogen-bond acceptors (Lipinski definition) is 2. The quantitative estimate of drug-likeness (QED) is 0.742. The van der Waals surface area contributed by atoms with E-state index in [1.807, 2.05) is 12.1 Å². The van der Waals surface area contributed by atoms with Crippen molar-refractivity contribution < 1.29 is 9.47 Å². The lowest BCUT2D eigenvalue weighted by Crippen LogP contribution is -2.12. The summed E-state index contributed by atoms with van der Waals surface area (Å²) >= 11 is 3.50. The van der Waals surface area contributed by atoms with E-state index in [-0.39, 0.29) is 0 Å². The summed E-state index contributed by atoms with van der Waals surface area (Å²) < 4.78 is 10.3. The summed E-state index contributed by atoms with van der Waals surface area (Å²) in [6, 6.07) is 8.19. The molecule has 0 aliphatic carbocycles. The first-order valence-electron chi connectivity index (χ1n) is 4.98. The van der Waals surface area contributed by atoms with Gasteiger partial charge in [-0.25, -0.2) is 0 Å². The van der Waals surface area contributed by atoms with Gasteiger partial charge < -0.3 is 9.47 Å². The van der Waals surface area contributed by atoms with Gasteiger partial charge in [-0.15, -0.1) is 0 Å². The molecule has 0 spiro atoms. The predicted octanol–water partition coefficient (Wildman–Crippen LogP) is 2.90. The van der Waals surface area contributed by atoms with Crippen LogP contribution in [0.25, 0.3) is 0 Å². The van der Waals surface area contributed by atoms with Gasteiger partial charge in [0.25, 0.3) is 0 Å². The maximum Gasteiger partial charge on any atom is 0.118 e. The molecule has 0 aliphatic heterocycles. The highest BCUT2D eigenvalue weighted by atomic mass is 79.9. The van der Waals surface area contributed by atoms with E-state index in [1.165, 1.54) is 5.56 Å². The van der Waals surface area contributed by atoms with E-state index in [1.54, 1.807) is 14.2 Å². The number of alkyl halides is 1. The number of ether oxygens (including phenoxy) is 2. The predicted molar refractivity (Wildman–Crippen MR) is 65.9 cm³/mol. The van der Waals surface area contributed by atoms with E-state index in [9.17, 15) is 0 Å². The summed E-state index contributed by atoms with van der Waals surface area (Å²) in [7, 11) is 3.42. The van der Waals surface area contributed by atoms with Crippen LogP contribution in [-0.2, 0) is 11.2 Å². The number of benzene rings is 1. The molecule has 84 valence electrons. The maximum atomic E-state index is 5.16. The van der Waals surface area contributed by atoms with E-state index in [2.05, 4.69) is 28.1 Å². The fourth-order valence-corrected chi connectivity index (χ4v) is 1.90. The van der Waals surface area contributed by atoms with E-state index in [0.717, 1.165) is 24.1 Å². The van der Waals surface area contributed by atoms with Crippen LogP contribution in [0.15, 0.2) is 24.3 Å². The molecule has 0 radical (unpaired) electrons. The Morgan fingerprint density at radius 2 is 1.87 bits per heavy atom. The van der Waals surface area contributed by atoms with Crippen LogP contribution in [0.1, 0.15) is 5.56 Å². The van der Waals surface area contributed by atoms with Crippen LogP contribution in [0.2, 0.25) is 0 Å². The monoisotopic (exact) mass is 272 g/mol. The summed E-state index contributed by atoms with van der Waals surface area (Å²) in [4.78, 5) is 0. The fraction of sp³-hybridized carbons (Fsp3) is 0.500. The van der Waals surface area contributed by atoms with Crippen LogP contribution in [0.4, 0.5) is 0 Å². The van der Waals surface area contributed by atoms with Gasteiger partial charge in [-0.05, 0) is 30.0 Å². The number of hydrogen-bond donors (Lipinski definition) is 0. The van der Waals surface area contributed by atoms with Crippen molar-refractivity contribution in [3.63, 3.8) is 0 Å². The minimum absolute atomic E-state index is 0.531. The van der Waals surface area contributed by atoms with Crippen molar-refractivity contribution in [1.29, 1.82) is 0 Å². The maximum absolute atomic E-state index is 5.16. The molecule has 2 nitrogen and oxygen atoms in total. The van der Waals surface area contributed by atoms with Crippen LogP contribution in [0.5, 0.6) is 5.75 Å². The first kappa shape index (κ1) is 12.5. The van der Waals surface area contributed by atoms with Crippen LogP contribution >= 0.6 is 15.9 Å². The van der Waals surface area contributed by atoms with Crippen LogP contribution in [0, 0.1) is 5.92 Å². The Morgan fingerprint density at radius 3 is 2.33 bits per heavy atom. The second-order valence-electron chi connectivity index (χ2n) is 3.53. The van der Waals surface area contributed by atoms with Crippen molar-refractivity contribution in [2.75, 3.05) is 26.2 Å². The Hall–Kier alpha value is -0.540. The van der Waals surface area contributed by atoms with Gasteiger partial charge in [-0.2, -0.15) is 0 Å². The SMILES string of the molecule is COCC(CBr)Cc1ccc(OC)cc1. The summed E-state index contributed by atoms with van der Waals surface area (Å²) in [6.07, 6.45) is 1.03. The van der Waals surface area contributed by atoms with Gasteiger partial charge in [0.1, 0.15) is 5.75 Å². The van der Waals surface area contributed by atoms with Gasteiger partial charge in [-0.1, -0.05) is 28.1 Å². The van der Waals surface area contributed by atoms with Gasteiger partial charge in [0.15, 0.2) is 0 Å². The fourth-order valence-electron chi connectivity index (χ4n) is 1.49. The van der Waals surface area contributed by atoms with Crippen molar-refractivity contribution in [3.8, 4) is 5.75 Å². The van der Waals surface area contributed by atoms with Gasteiger partial charge in [0.05, 0.1) is 13.7 Å². The molecule has 1 aromatic carbocycles. The molecule has 0 bridgehead atoms. The molecule has 1 atom stereocenters. The molecule has 0 saturated carbocycles. The van der Waals surface area contributed by atoms with Crippen molar-refractivity contribution >= 4 is 15.9 Å². The van der Waals surface area contributed by atoms with Gasteiger partial charge in [0.2, 0.25) is 0 Å². The molecule has 1 aromatic rings. The Morgan fingerprint density at radius 1 is 1.20 bits per heavy atom. The largest absolute Gasteiger partial charge is 0.497 e. The lowest BCUT2D eigenvalue weighted by atomic mass is 10.0. The molecule has 0 saturated heterocycles. The molecule has 0 aliphatic rings. The van der Waals surface area contributed by atoms with Gasteiger partial charge >= 0.3 is 0 Å². The highest BCUT2D eigenvalue weighted by Crippen LogP contribution is 2.16. The average Bonchev–Trinajstić information content (AvgIpc) is 2.29. The van der Waals surface area contributed by atoms with Crippen molar-refractivity contribution in [2.45, 2.75) is 6.42 Å². The summed E-state index contributed by atoms with van der Waals surface area (Å²) in [6.45, 7) is 0.789. The molecule has 1 unspecified atom stereocenters. The van der Waals surface area contributed by atoms with Crippen molar-refractivity contribution in [3.05, 3.63) is 29.8 Å². The zero-order valence-electron chi connectivity index (χ0n) is 9.20. The summed E-state index contributed by atoms with van der Waals surface area (Å²) in [5, 5.41) is 0.965. The van der Waals surface area contributed by atoms with Gasteiger partial charge in [-0.3, -0.25) is 0 Å². The first-order chi connectivity index (χ1) is 7.30. The third kappa shape index (κ3) is 4.22. The minimum Gasteiger partial charge on any atom is -0.497 e. The lowest BCUT2D eigenvalue weighted by Gasteiger charge is -2.12. The zero-order valence-corrected chi connectivity index (χ0v) is 10.8. The lowest BCUT2D eigenvalue weighted by molar-refractivity contribution is 0.162. The van der Waals surface area contributed by atoms with Gasteiger partial charge in [0, 0.05) is 12.4 Å². The highest BCUT2D eigenvalue weighted by Gasteiger charge is 2.07. The Kier molecular flexibility index (Phi) is 5.73. The molecular weight excluding hydrogens is 256 g/mol. The van der Waals surface area contributed by atoms with Crippen LogP contribution in [0.3, 0.4) is 0 Å². The summed E-state index contributed by atoms with van der Waals surface area (Å²) in [5.41, 5.74) is 1.32. The molecule has 1 rings (SSSR count). The van der Waals surface area contributed by atoms with Crippen molar-refractivity contribution in [1.82, 2.24) is 0 Å². The Bertz CT molecular complexity index is 271. The molecule has 0 fully saturated rings. The Balaban J connectivity index is 2.55. The minimum atomic E-state index is 0.531. The molecule has 3 heteroatoms. The molecule has 0 N–H and O–H groups in total. The second kappa shape index (κ2) is 6.85. The number of halogens is 1. The summed E-state index contributed by atoms with van der Waals surface area (Å²) in [5.74, 6) is 1.43. The Labute approximate surface area is 99.7 Å². The topological polar surface area (TPSA) is 18.5 Å². The molecular formula is C12H17BrO2. The van der Waals surface area contributed by atoms with E-state index >= 15 is 0 Å². The van der Waals surface area contributed by atoms with Crippen LogP contribution < -0.4 is 4.74 Å². The van der Waals surface area contributed by atoms with Crippen molar-refractivity contribution in [2.24, 2.45) is 5.92 Å². The smallest absolute Gasteiger partial charge is 0.118 e. The first-order valence-corrected chi connectivity index (χ1v) is 6.10. The zero-order chi connectivity index (χ0) is 11.1. The third-order valence-corrected chi connectivity index (χ3v) is 3.22.